The van der Waals surface area contributed by atoms with Gasteiger partial charge in [-0.05, 0) is 0 Å². The van der Waals surface area contributed by atoms with Gasteiger partial charge >= 0.3 is 15.6 Å². The first-order chi connectivity index (χ1) is 32.4. The van der Waals surface area contributed by atoms with Crippen molar-refractivity contribution in [2.45, 2.75) is 89.8 Å². The lowest BCUT2D eigenvalue weighted by molar-refractivity contribution is -0.119. The van der Waals surface area contributed by atoms with Crippen LogP contribution in [0.1, 0.15) is 53.0 Å². The van der Waals surface area contributed by atoms with E-state index in [2.05, 4.69) is 47.1 Å². The molecule has 2 aliphatic rings. The Labute approximate surface area is 383 Å². The lowest BCUT2D eigenvalue weighted by atomic mass is 10.1. The number of rotatable bonds is 23. The van der Waals surface area contributed by atoms with E-state index < -0.39 is 139 Å². The second kappa shape index (κ2) is 22.2. The molecule has 4 aromatic rings. The highest BCUT2D eigenvalue weighted by atomic mass is 31.2. The number of aliphatic hydroxyl groups is 1. The van der Waals surface area contributed by atoms with Crippen molar-refractivity contribution in [3.63, 3.8) is 0 Å². The van der Waals surface area contributed by atoms with Crippen molar-refractivity contribution in [1.82, 2.24) is 39.0 Å². The zero-order valence-electron chi connectivity index (χ0n) is 36.6. The number of phosphoric ester groups is 2. The molecule has 31 heteroatoms. The number of nitrogens with zero attached hydrogens (tertiary/aromatic N) is 8. The van der Waals surface area contributed by atoms with Crippen molar-refractivity contribution in [3.05, 3.63) is 46.0 Å². The number of ether oxygens (including phenoxy) is 2. The number of imidazole rings is 2. The van der Waals surface area contributed by atoms with Gasteiger partial charge in [0.25, 0.3) is 11.1 Å². The average Bonchev–Trinajstić information content (AvgIpc) is 4.06. The minimum absolute atomic E-state index is 0.268. The molecule has 68 heavy (non-hydrogen) atoms. The molecular formula is C37H46F2N12O15P2. The van der Waals surface area contributed by atoms with Crippen LogP contribution in [0.15, 0.2) is 34.9 Å². The van der Waals surface area contributed by atoms with E-state index in [1.807, 2.05) is 0 Å². The smallest absolute Gasteiger partial charge is 0.394 e. The van der Waals surface area contributed by atoms with Crippen LogP contribution in [-0.2, 0) is 55.3 Å². The van der Waals surface area contributed by atoms with Gasteiger partial charge in [-0.1, -0.05) is 33.8 Å². The van der Waals surface area contributed by atoms with Crippen LogP contribution in [0.5, 0.6) is 0 Å². The minimum Gasteiger partial charge on any atom is -0.394 e. The molecule has 2 fully saturated rings. The maximum Gasteiger partial charge on any atom is 0.475 e. The Morgan fingerprint density at radius 3 is 1.69 bits per heavy atom. The van der Waals surface area contributed by atoms with Crippen LogP contribution in [0.25, 0.3) is 22.3 Å². The predicted octanol–water partition coefficient (Wildman–Crippen LogP) is 2.97. The van der Waals surface area contributed by atoms with Gasteiger partial charge in [0.1, 0.15) is 24.4 Å². The fraction of sp³-hybridized carbons (Fsp3) is 0.568. The number of hydrogen-bond donors (Lipinski definition) is 5. The van der Waals surface area contributed by atoms with Gasteiger partial charge in [-0.15, -0.1) is 6.58 Å². The number of carbonyl (C=O) groups is 2. The summed E-state index contributed by atoms with van der Waals surface area (Å²) in [5.41, 5.74) is -2.85. The summed E-state index contributed by atoms with van der Waals surface area (Å²) < 4.78 is 108. The van der Waals surface area contributed by atoms with Crippen molar-refractivity contribution in [3.8, 4) is 12.1 Å². The number of anilines is 2. The molecule has 2 saturated heterocycles. The standard InChI is InChI=1S/C37H46F2N12O15P2/c1-6-11-59-67(57,60-12-7-9-40)66-27-21(64-35(23(27)39)51-17-43-25-29(51)45-37(49-33(25)56)47-31(54)19(4)5)15-62-68(58,61-13-8-10-41)65-26-20(14-52)63-34(22(26)38)50-16-42-24-28(50)44-36(48-32(24)55)46-30(53)18(2)3/h6,16-23,26-27,34-35,52H,1,7-8,11-15H2,2-5H3,(H2,44,46,48,53,55)(H2,45,47,49,54,56)/t20?,21?,22-,23-,26-,27-,34?,35?,67?,68?/m1/s1. The molecular weight excluding hydrogens is 952 g/mol. The molecule has 0 aliphatic carbocycles. The summed E-state index contributed by atoms with van der Waals surface area (Å²) in [6.45, 7) is 6.15. The second-order valence-electron chi connectivity index (χ2n) is 15.4. The van der Waals surface area contributed by atoms with E-state index >= 15 is 8.78 Å². The fourth-order valence-corrected chi connectivity index (χ4v) is 9.18. The molecule has 6 heterocycles. The second-order valence-corrected chi connectivity index (χ2v) is 18.6. The largest absolute Gasteiger partial charge is 0.475 e. The Hall–Kier alpha value is -5.68. The Morgan fingerprint density at radius 1 is 0.824 bits per heavy atom. The number of nitriles is 2. The molecule has 27 nitrogen and oxygen atoms in total. The quantitative estimate of drug-likeness (QED) is 0.0405. The van der Waals surface area contributed by atoms with Gasteiger partial charge in [0.2, 0.25) is 23.7 Å². The molecule has 4 aromatic heterocycles. The fourth-order valence-electron chi connectivity index (χ4n) is 6.44. The molecule has 2 aliphatic heterocycles. The van der Waals surface area contributed by atoms with Crippen LogP contribution in [0.3, 0.4) is 0 Å². The number of carbonyl (C=O) groups excluding carboxylic acids is 2. The third-order valence-electron chi connectivity index (χ3n) is 9.83. The van der Waals surface area contributed by atoms with Crippen molar-refractivity contribution >= 4 is 61.7 Å². The molecule has 0 radical (unpaired) electrons. The molecule has 0 saturated carbocycles. The van der Waals surface area contributed by atoms with E-state index in [1.54, 1.807) is 39.8 Å². The number of fused-ring (bicyclic) bond motifs is 2. The van der Waals surface area contributed by atoms with Crippen LogP contribution in [0, 0.1) is 34.5 Å². The summed E-state index contributed by atoms with van der Waals surface area (Å²) in [6.07, 6.45) is -13.6. The zero-order chi connectivity index (χ0) is 49.5. The van der Waals surface area contributed by atoms with Crippen LogP contribution >= 0.6 is 15.6 Å². The molecule has 2 amide bonds. The van der Waals surface area contributed by atoms with E-state index in [0.717, 1.165) is 21.8 Å². The van der Waals surface area contributed by atoms with Gasteiger partial charge in [0, 0.05) is 11.8 Å². The zero-order valence-corrected chi connectivity index (χ0v) is 38.3. The Balaban J connectivity index is 1.32. The predicted molar refractivity (Wildman–Crippen MR) is 227 cm³/mol. The molecule has 6 rings (SSSR count). The van der Waals surface area contributed by atoms with Crippen molar-refractivity contribution in [2.24, 2.45) is 11.8 Å². The van der Waals surface area contributed by atoms with Gasteiger partial charge < -0.3 is 14.6 Å². The maximum absolute atomic E-state index is 17.0. The van der Waals surface area contributed by atoms with E-state index in [-0.39, 0.29) is 40.6 Å². The summed E-state index contributed by atoms with van der Waals surface area (Å²) in [6, 6.07) is 3.53. The number of aliphatic hydroxyl groups excluding tert-OH is 1. The number of nitrogens with one attached hydrogen (secondary N) is 4. The molecule has 368 valence electrons. The van der Waals surface area contributed by atoms with Crippen molar-refractivity contribution in [2.75, 3.05) is 43.7 Å². The summed E-state index contributed by atoms with van der Waals surface area (Å²) in [5, 5.41) is 33.5. The van der Waals surface area contributed by atoms with E-state index in [1.165, 1.54) is 6.08 Å². The average molecular weight is 999 g/mol. The first kappa shape index (κ1) is 51.7. The summed E-state index contributed by atoms with van der Waals surface area (Å²) >= 11 is 0. The van der Waals surface area contributed by atoms with Gasteiger partial charge in [0.05, 0.1) is 70.7 Å². The third-order valence-corrected chi connectivity index (χ3v) is 12.8. The van der Waals surface area contributed by atoms with Crippen LogP contribution < -0.4 is 21.8 Å². The number of H-pyrrole nitrogens is 2. The SMILES string of the molecule is C=CCOP(=O)(OCCC#N)O[C@@H]1C(COP(=O)(OCCC#N)O[C@@H]2C(CO)OC(n3cnc4c(=O)[nH]c(NC(=O)C(C)C)nc43)[C@@H]2F)OC(n2cnc3c(=O)[nH]c(NC(=O)C(C)C)nc32)[C@@H]1F. The highest BCUT2D eigenvalue weighted by Gasteiger charge is 2.54. The molecule has 10 atom stereocenters. The number of phosphoric acid groups is 2. The first-order valence-electron chi connectivity index (χ1n) is 20.6. The first-order valence-corrected chi connectivity index (χ1v) is 23.5. The Morgan fingerprint density at radius 2 is 1.26 bits per heavy atom. The summed E-state index contributed by atoms with van der Waals surface area (Å²) in [7, 11) is -10.0. The highest BCUT2D eigenvalue weighted by Crippen LogP contribution is 2.57. The van der Waals surface area contributed by atoms with Crippen LogP contribution in [-0.4, -0.2) is 126 Å². The molecule has 6 unspecified atom stereocenters. The van der Waals surface area contributed by atoms with E-state index in [4.69, 9.17) is 41.9 Å². The maximum atomic E-state index is 17.0. The Bertz CT molecular complexity index is 2790. The van der Waals surface area contributed by atoms with Crippen LogP contribution in [0.2, 0.25) is 0 Å². The molecule has 0 bridgehead atoms. The summed E-state index contributed by atoms with van der Waals surface area (Å²) in [4.78, 5) is 71.7. The normalized spacial score (nSPS) is 24.5. The third kappa shape index (κ3) is 11.6. The lowest BCUT2D eigenvalue weighted by Gasteiger charge is -2.27. The van der Waals surface area contributed by atoms with E-state index in [9.17, 15) is 38.7 Å². The molecule has 0 spiro atoms. The molecule has 5 N–H and O–H groups in total. The minimum atomic E-state index is -5.20. The van der Waals surface area contributed by atoms with Gasteiger partial charge in [-0.3, -0.25) is 76.1 Å². The molecule has 0 aromatic carbocycles. The number of halogens is 2. The van der Waals surface area contributed by atoms with Gasteiger partial charge in [0.15, 0.2) is 47.1 Å². The lowest BCUT2D eigenvalue weighted by Crippen LogP contribution is -2.36. The van der Waals surface area contributed by atoms with E-state index in [0.29, 0.717) is 0 Å². The number of amides is 2. The number of aromatic nitrogens is 8. The highest BCUT2D eigenvalue weighted by molar-refractivity contribution is 7.48. The van der Waals surface area contributed by atoms with Gasteiger partial charge in [-0.2, -0.15) is 20.5 Å². The monoisotopic (exact) mass is 998 g/mol. The topological polar surface area (TPSA) is 361 Å². The van der Waals surface area contributed by atoms with Crippen molar-refractivity contribution in [1.29, 1.82) is 10.5 Å². The Kier molecular flexibility index (Phi) is 16.9. The van der Waals surface area contributed by atoms with Gasteiger partial charge in [-0.25, -0.2) is 27.9 Å². The number of hydrogen-bond acceptors (Lipinski definition) is 21. The number of alkyl halides is 2. The summed E-state index contributed by atoms with van der Waals surface area (Å²) in [5.74, 6) is -2.73. The number of aromatic amines is 2. The van der Waals surface area contributed by atoms with Crippen molar-refractivity contribution < 1.29 is 69.2 Å². The van der Waals surface area contributed by atoms with Crippen LogP contribution in [0.4, 0.5) is 20.7 Å².